The minimum Gasteiger partial charge on any atom is -0.459 e. The van der Waals surface area contributed by atoms with E-state index in [0.717, 1.165) is 18.5 Å². The van der Waals surface area contributed by atoms with Gasteiger partial charge in [-0.2, -0.15) is 4.98 Å². The van der Waals surface area contributed by atoms with Crippen molar-refractivity contribution in [3.63, 3.8) is 0 Å². The number of hydrogen-bond acceptors (Lipinski definition) is 4. The fourth-order valence-electron chi connectivity index (χ4n) is 2.05. The molecule has 5 nitrogen and oxygen atoms in total. The van der Waals surface area contributed by atoms with Crippen LogP contribution in [0.5, 0.6) is 6.01 Å². The van der Waals surface area contributed by atoms with Gasteiger partial charge in [0, 0.05) is 6.04 Å². The van der Waals surface area contributed by atoms with E-state index in [-0.39, 0.29) is 6.10 Å². The lowest BCUT2D eigenvalue weighted by molar-refractivity contribution is 0.0790. The van der Waals surface area contributed by atoms with Gasteiger partial charge in [-0.1, -0.05) is 18.2 Å². The predicted molar refractivity (Wildman–Crippen MR) is 67.9 cm³/mol. The molecule has 1 fully saturated rings. The van der Waals surface area contributed by atoms with Crippen LogP contribution in [0.15, 0.2) is 36.7 Å². The third-order valence-electron chi connectivity index (χ3n) is 3.27. The maximum atomic E-state index is 5.70. The van der Waals surface area contributed by atoms with Gasteiger partial charge in [0.25, 0.3) is 0 Å². The van der Waals surface area contributed by atoms with Crippen LogP contribution in [0.2, 0.25) is 0 Å². The van der Waals surface area contributed by atoms with Crippen LogP contribution >= 0.6 is 0 Å². The number of hydrogen-bond donors (Lipinski definition) is 1. The Balaban J connectivity index is 1.64. The fourth-order valence-corrected chi connectivity index (χ4v) is 2.05. The summed E-state index contributed by atoms with van der Waals surface area (Å²) >= 11 is 0. The van der Waals surface area contributed by atoms with E-state index in [1.54, 1.807) is 11.0 Å². The summed E-state index contributed by atoms with van der Waals surface area (Å²) in [6.45, 7) is 0. The summed E-state index contributed by atoms with van der Waals surface area (Å²) in [7, 11) is 1.98. The summed E-state index contributed by atoms with van der Waals surface area (Å²) in [6, 6.07) is 10.9. The average molecular weight is 244 g/mol. The van der Waals surface area contributed by atoms with Gasteiger partial charge in [-0.05, 0) is 32.0 Å². The smallest absolute Gasteiger partial charge is 0.336 e. The molecular weight excluding hydrogens is 228 g/mol. The van der Waals surface area contributed by atoms with Gasteiger partial charge in [-0.15, -0.1) is 5.10 Å². The van der Waals surface area contributed by atoms with Gasteiger partial charge in [0.15, 0.2) is 0 Å². The van der Waals surface area contributed by atoms with Gasteiger partial charge in [0.1, 0.15) is 12.4 Å². The van der Waals surface area contributed by atoms with Gasteiger partial charge in [-0.3, -0.25) is 0 Å². The molecule has 1 N–H and O–H groups in total. The van der Waals surface area contributed by atoms with E-state index in [2.05, 4.69) is 15.4 Å². The van der Waals surface area contributed by atoms with E-state index < -0.39 is 0 Å². The monoisotopic (exact) mass is 244 g/mol. The van der Waals surface area contributed by atoms with Crippen molar-refractivity contribution in [3.05, 3.63) is 36.7 Å². The molecule has 0 spiro atoms. The Morgan fingerprint density at radius 2 is 2.06 bits per heavy atom. The molecule has 1 heterocycles. The van der Waals surface area contributed by atoms with Crippen molar-refractivity contribution >= 4 is 0 Å². The Kier molecular flexibility index (Phi) is 2.98. The molecule has 18 heavy (non-hydrogen) atoms. The Hall–Kier alpha value is -1.88. The molecule has 1 aromatic carbocycles. The standard InChI is InChI=1S/C13H16N4O/c1-14-10-7-12(8-10)18-13-15-9-17(16-13)11-5-3-2-4-6-11/h2-6,9-10,12,14H,7-8H2,1H3. The number of para-hydroxylation sites is 1. The normalized spacial score (nSPS) is 22.5. The Labute approximate surface area is 106 Å². The summed E-state index contributed by atoms with van der Waals surface area (Å²) in [5, 5.41) is 7.54. The third kappa shape index (κ3) is 2.22. The molecule has 1 aliphatic carbocycles. The lowest BCUT2D eigenvalue weighted by Crippen LogP contribution is -2.45. The molecule has 0 amide bonds. The Morgan fingerprint density at radius 3 is 2.78 bits per heavy atom. The largest absolute Gasteiger partial charge is 0.459 e. The van der Waals surface area contributed by atoms with Crippen molar-refractivity contribution in [2.75, 3.05) is 7.05 Å². The molecule has 0 radical (unpaired) electrons. The van der Waals surface area contributed by atoms with Crippen LogP contribution in [-0.4, -0.2) is 34.0 Å². The van der Waals surface area contributed by atoms with Gasteiger partial charge in [0.05, 0.1) is 5.69 Å². The molecule has 0 bridgehead atoms. The third-order valence-corrected chi connectivity index (χ3v) is 3.27. The van der Waals surface area contributed by atoms with E-state index in [0.29, 0.717) is 12.1 Å². The number of benzene rings is 1. The molecule has 0 atom stereocenters. The van der Waals surface area contributed by atoms with Crippen molar-refractivity contribution < 1.29 is 4.74 Å². The molecule has 1 aromatic heterocycles. The zero-order valence-corrected chi connectivity index (χ0v) is 10.3. The summed E-state index contributed by atoms with van der Waals surface area (Å²) in [6.07, 6.45) is 3.97. The molecule has 1 saturated carbocycles. The topological polar surface area (TPSA) is 52.0 Å². The number of nitrogens with one attached hydrogen (secondary N) is 1. The molecule has 94 valence electrons. The van der Waals surface area contributed by atoms with Crippen LogP contribution in [0.3, 0.4) is 0 Å². The second-order valence-electron chi connectivity index (χ2n) is 4.50. The summed E-state index contributed by atoms with van der Waals surface area (Å²) in [5.41, 5.74) is 0.988. The lowest BCUT2D eigenvalue weighted by Gasteiger charge is -2.33. The molecule has 1 aliphatic rings. The van der Waals surface area contributed by atoms with Crippen LogP contribution in [0.1, 0.15) is 12.8 Å². The number of rotatable bonds is 4. The highest BCUT2D eigenvalue weighted by atomic mass is 16.5. The quantitative estimate of drug-likeness (QED) is 0.883. The fraction of sp³-hybridized carbons (Fsp3) is 0.385. The van der Waals surface area contributed by atoms with Crippen LogP contribution in [-0.2, 0) is 0 Å². The number of aromatic nitrogens is 3. The molecule has 0 unspecified atom stereocenters. The highest BCUT2D eigenvalue weighted by molar-refractivity contribution is 5.29. The first-order valence-electron chi connectivity index (χ1n) is 6.16. The average Bonchev–Trinajstić information content (AvgIpc) is 2.83. The first-order valence-corrected chi connectivity index (χ1v) is 6.16. The first-order chi connectivity index (χ1) is 8.85. The minimum atomic E-state index is 0.245. The Morgan fingerprint density at radius 1 is 1.28 bits per heavy atom. The molecule has 3 rings (SSSR count). The van der Waals surface area contributed by atoms with Crippen molar-refractivity contribution in [1.29, 1.82) is 0 Å². The maximum Gasteiger partial charge on any atom is 0.336 e. The SMILES string of the molecule is CNC1CC(Oc2ncn(-c3ccccc3)n2)C1. The molecule has 2 aromatic rings. The minimum absolute atomic E-state index is 0.245. The van der Waals surface area contributed by atoms with E-state index in [1.807, 2.05) is 37.4 Å². The van der Waals surface area contributed by atoms with Crippen LogP contribution < -0.4 is 10.1 Å². The molecule has 0 saturated heterocycles. The lowest BCUT2D eigenvalue weighted by atomic mass is 9.89. The highest BCUT2D eigenvalue weighted by Gasteiger charge is 2.30. The molecule has 0 aliphatic heterocycles. The number of nitrogens with zero attached hydrogens (tertiary/aromatic N) is 3. The molecular formula is C13H16N4O. The van der Waals surface area contributed by atoms with E-state index in [9.17, 15) is 0 Å². The number of ether oxygens (including phenoxy) is 1. The predicted octanol–water partition coefficient (Wildman–Crippen LogP) is 1.40. The Bertz CT molecular complexity index is 505. The first kappa shape index (κ1) is 11.2. The van der Waals surface area contributed by atoms with Crippen LogP contribution in [0.25, 0.3) is 5.69 Å². The maximum absolute atomic E-state index is 5.70. The van der Waals surface area contributed by atoms with Crippen molar-refractivity contribution in [3.8, 4) is 11.7 Å². The highest BCUT2D eigenvalue weighted by Crippen LogP contribution is 2.23. The van der Waals surface area contributed by atoms with Gasteiger partial charge >= 0.3 is 6.01 Å². The second kappa shape index (κ2) is 4.78. The molecule has 5 heteroatoms. The summed E-state index contributed by atoms with van der Waals surface area (Å²) in [4.78, 5) is 4.17. The zero-order chi connectivity index (χ0) is 12.4. The van der Waals surface area contributed by atoms with Crippen LogP contribution in [0, 0.1) is 0 Å². The zero-order valence-electron chi connectivity index (χ0n) is 10.3. The van der Waals surface area contributed by atoms with Crippen LogP contribution in [0.4, 0.5) is 0 Å². The van der Waals surface area contributed by atoms with E-state index in [4.69, 9.17) is 4.74 Å². The van der Waals surface area contributed by atoms with Gasteiger partial charge < -0.3 is 10.1 Å². The van der Waals surface area contributed by atoms with Crippen molar-refractivity contribution in [2.45, 2.75) is 25.0 Å². The summed E-state index contributed by atoms with van der Waals surface area (Å²) < 4.78 is 7.43. The second-order valence-corrected chi connectivity index (χ2v) is 4.50. The van der Waals surface area contributed by atoms with Gasteiger partial charge in [-0.25, -0.2) is 4.68 Å². The summed E-state index contributed by atoms with van der Waals surface area (Å²) in [5.74, 6) is 0. The van der Waals surface area contributed by atoms with E-state index >= 15 is 0 Å². The van der Waals surface area contributed by atoms with Crippen molar-refractivity contribution in [1.82, 2.24) is 20.1 Å². The van der Waals surface area contributed by atoms with E-state index in [1.165, 1.54) is 0 Å². The van der Waals surface area contributed by atoms with Crippen molar-refractivity contribution in [2.24, 2.45) is 0 Å². The van der Waals surface area contributed by atoms with Gasteiger partial charge in [0.2, 0.25) is 0 Å².